The van der Waals surface area contributed by atoms with Crippen LogP contribution in [0.5, 0.6) is 0 Å². The summed E-state index contributed by atoms with van der Waals surface area (Å²) in [5.41, 5.74) is 4.80. The van der Waals surface area contributed by atoms with Crippen LogP contribution in [0.1, 0.15) is 25.2 Å². The van der Waals surface area contributed by atoms with Crippen LogP contribution in [0.15, 0.2) is 41.5 Å². The van der Waals surface area contributed by atoms with Crippen molar-refractivity contribution in [2.75, 3.05) is 0 Å². The van der Waals surface area contributed by atoms with Gasteiger partial charge in [0.25, 0.3) is 0 Å². The average molecular weight is 246 g/mol. The minimum Gasteiger partial charge on any atom is -0.321 e. The SMILES string of the molecule is C\C=C/C(=C\C=C\C)c1cc(/C(=N/N)NN)[nH]n1. The number of aromatic nitrogens is 2. The molecule has 0 saturated carbocycles. The van der Waals surface area contributed by atoms with Gasteiger partial charge in [-0.05, 0) is 19.9 Å². The van der Waals surface area contributed by atoms with E-state index in [0.29, 0.717) is 11.5 Å². The number of hydrazone groups is 1. The van der Waals surface area contributed by atoms with Gasteiger partial charge in [0.1, 0.15) is 5.69 Å². The van der Waals surface area contributed by atoms with Gasteiger partial charge in [0.15, 0.2) is 5.84 Å². The standard InChI is InChI=1S/C12H18N6/c1-3-5-7-9(6-4-2)10-8-11(18-17-10)12(15-13)16-14/h3-8H,13-14H2,1-2H3,(H,15,16)(H,17,18)/b5-3+,6-4-,9-7+. The Kier molecular flexibility index (Phi) is 5.40. The summed E-state index contributed by atoms with van der Waals surface area (Å²) in [7, 11) is 0. The highest BCUT2D eigenvalue weighted by Gasteiger charge is 2.08. The molecule has 18 heavy (non-hydrogen) atoms. The number of hydrogen-bond donors (Lipinski definition) is 4. The minimum absolute atomic E-state index is 0.347. The van der Waals surface area contributed by atoms with Crippen LogP contribution in [-0.2, 0) is 0 Å². The molecule has 0 unspecified atom stereocenters. The predicted molar refractivity (Wildman–Crippen MR) is 74.2 cm³/mol. The van der Waals surface area contributed by atoms with E-state index in [2.05, 4.69) is 20.7 Å². The van der Waals surface area contributed by atoms with Crippen molar-refractivity contribution in [2.24, 2.45) is 16.8 Å². The van der Waals surface area contributed by atoms with Gasteiger partial charge in [0, 0.05) is 5.57 Å². The van der Waals surface area contributed by atoms with Crippen molar-refractivity contribution in [1.82, 2.24) is 15.6 Å². The molecule has 0 aliphatic rings. The lowest BCUT2D eigenvalue weighted by molar-refractivity contribution is 0.978. The maximum absolute atomic E-state index is 5.29. The number of amidine groups is 1. The molecule has 6 N–H and O–H groups in total. The summed E-state index contributed by atoms with van der Waals surface area (Å²) in [6.45, 7) is 3.91. The van der Waals surface area contributed by atoms with Crippen molar-refractivity contribution in [3.05, 3.63) is 47.8 Å². The molecule has 1 heterocycles. The summed E-state index contributed by atoms with van der Waals surface area (Å²) in [5.74, 6) is 10.8. The lowest BCUT2D eigenvalue weighted by Crippen LogP contribution is -2.32. The van der Waals surface area contributed by atoms with E-state index in [1.165, 1.54) is 0 Å². The van der Waals surface area contributed by atoms with Crippen LogP contribution in [0, 0.1) is 0 Å². The maximum atomic E-state index is 5.29. The highest BCUT2D eigenvalue weighted by molar-refractivity contribution is 5.97. The molecule has 0 atom stereocenters. The minimum atomic E-state index is 0.347. The number of allylic oxidation sites excluding steroid dienone is 6. The number of H-pyrrole nitrogens is 1. The monoisotopic (exact) mass is 246 g/mol. The van der Waals surface area contributed by atoms with Crippen molar-refractivity contribution in [2.45, 2.75) is 13.8 Å². The molecule has 0 fully saturated rings. The predicted octanol–water partition coefficient (Wildman–Crippen LogP) is 1.03. The third-order valence-corrected chi connectivity index (χ3v) is 2.21. The van der Waals surface area contributed by atoms with Crippen LogP contribution in [-0.4, -0.2) is 16.0 Å². The fourth-order valence-corrected chi connectivity index (χ4v) is 1.38. The van der Waals surface area contributed by atoms with Crippen molar-refractivity contribution in [1.29, 1.82) is 0 Å². The maximum Gasteiger partial charge on any atom is 0.184 e. The highest BCUT2D eigenvalue weighted by Crippen LogP contribution is 2.14. The molecule has 96 valence electrons. The van der Waals surface area contributed by atoms with Crippen LogP contribution >= 0.6 is 0 Å². The van der Waals surface area contributed by atoms with Gasteiger partial charge in [-0.1, -0.05) is 30.4 Å². The molecule has 1 aromatic heterocycles. The fourth-order valence-electron chi connectivity index (χ4n) is 1.38. The summed E-state index contributed by atoms with van der Waals surface area (Å²) in [5, 5.41) is 10.5. The summed E-state index contributed by atoms with van der Waals surface area (Å²) >= 11 is 0. The average Bonchev–Trinajstić information content (AvgIpc) is 2.85. The van der Waals surface area contributed by atoms with Gasteiger partial charge in [-0.3, -0.25) is 5.10 Å². The lowest BCUT2D eigenvalue weighted by atomic mass is 10.1. The molecule has 0 bridgehead atoms. The summed E-state index contributed by atoms with van der Waals surface area (Å²) < 4.78 is 0. The number of nitrogens with zero attached hydrogens (tertiary/aromatic N) is 2. The van der Waals surface area contributed by atoms with Crippen molar-refractivity contribution >= 4 is 11.4 Å². The molecule has 6 heteroatoms. The second-order valence-corrected chi connectivity index (χ2v) is 3.44. The lowest BCUT2D eigenvalue weighted by Gasteiger charge is -1.98. The Bertz CT molecular complexity index is 492. The smallest absolute Gasteiger partial charge is 0.184 e. The number of nitrogens with one attached hydrogen (secondary N) is 2. The van der Waals surface area contributed by atoms with Crippen LogP contribution < -0.4 is 17.1 Å². The first-order chi connectivity index (χ1) is 8.76. The van der Waals surface area contributed by atoms with E-state index in [1.807, 2.05) is 50.3 Å². The zero-order valence-corrected chi connectivity index (χ0v) is 10.5. The second kappa shape index (κ2) is 7.08. The highest BCUT2D eigenvalue weighted by atomic mass is 15.3. The van der Waals surface area contributed by atoms with Gasteiger partial charge in [-0.25, -0.2) is 5.84 Å². The number of aromatic amines is 1. The molecule has 0 spiro atoms. The van der Waals surface area contributed by atoms with Gasteiger partial charge in [-0.15, -0.1) is 0 Å². The molecule has 1 aromatic rings. The van der Waals surface area contributed by atoms with Crippen molar-refractivity contribution in [3.63, 3.8) is 0 Å². The van der Waals surface area contributed by atoms with E-state index >= 15 is 0 Å². The van der Waals surface area contributed by atoms with Crippen molar-refractivity contribution < 1.29 is 0 Å². The van der Waals surface area contributed by atoms with Gasteiger partial charge in [0.2, 0.25) is 0 Å². The molecular weight excluding hydrogens is 228 g/mol. The number of rotatable bonds is 4. The molecule has 0 aliphatic carbocycles. The molecular formula is C12H18N6. The molecule has 0 amide bonds. The second-order valence-electron chi connectivity index (χ2n) is 3.44. The Morgan fingerprint density at radius 1 is 1.44 bits per heavy atom. The first-order valence-electron chi connectivity index (χ1n) is 5.53. The largest absolute Gasteiger partial charge is 0.321 e. The van der Waals surface area contributed by atoms with Crippen molar-refractivity contribution in [3.8, 4) is 0 Å². The molecule has 0 aromatic carbocycles. The van der Waals surface area contributed by atoms with Gasteiger partial charge < -0.3 is 11.3 Å². The third kappa shape index (κ3) is 3.33. The van der Waals surface area contributed by atoms with E-state index in [9.17, 15) is 0 Å². The Labute approximate surface area is 106 Å². The van der Waals surface area contributed by atoms with Crippen LogP contribution in [0.4, 0.5) is 0 Å². The topological polar surface area (TPSA) is 105 Å². The number of hydrazine groups is 1. The third-order valence-electron chi connectivity index (χ3n) is 2.21. The summed E-state index contributed by atoms with van der Waals surface area (Å²) in [6, 6.07) is 1.82. The van der Waals surface area contributed by atoms with E-state index < -0.39 is 0 Å². The number of nitrogens with two attached hydrogens (primary N) is 2. The summed E-state index contributed by atoms with van der Waals surface area (Å²) in [6.07, 6.45) is 9.78. The van der Waals surface area contributed by atoms with Gasteiger partial charge >= 0.3 is 0 Å². The van der Waals surface area contributed by atoms with Crippen LogP contribution in [0.3, 0.4) is 0 Å². The Balaban J connectivity index is 3.09. The normalized spacial score (nSPS) is 13.7. The molecule has 1 rings (SSSR count). The molecule has 0 aliphatic heterocycles. The first-order valence-corrected chi connectivity index (χ1v) is 5.53. The van der Waals surface area contributed by atoms with E-state index in [0.717, 1.165) is 11.3 Å². The summed E-state index contributed by atoms with van der Waals surface area (Å²) in [4.78, 5) is 0. The zero-order valence-electron chi connectivity index (χ0n) is 10.5. The molecule has 0 radical (unpaired) electrons. The number of hydrogen-bond acceptors (Lipinski definition) is 4. The molecule has 0 saturated heterocycles. The Morgan fingerprint density at radius 3 is 2.78 bits per heavy atom. The quantitative estimate of drug-likeness (QED) is 0.209. The van der Waals surface area contributed by atoms with E-state index in [4.69, 9.17) is 11.7 Å². The van der Waals surface area contributed by atoms with Gasteiger partial charge in [0.05, 0.1) is 5.69 Å². The van der Waals surface area contributed by atoms with Gasteiger partial charge in [-0.2, -0.15) is 10.2 Å². The van der Waals surface area contributed by atoms with Crippen LogP contribution in [0.2, 0.25) is 0 Å². The fraction of sp³-hybridized carbons (Fsp3) is 0.167. The first kappa shape index (κ1) is 13.7. The Hall–Kier alpha value is -2.34. The van der Waals surface area contributed by atoms with E-state index in [-0.39, 0.29) is 0 Å². The van der Waals surface area contributed by atoms with E-state index in [1.54, 1.807) is 0 Å². The zero-order chi connectivity index (χ0) is 13.4. The Morgan fingerprint density at radius 2 is 2.22 bits per heavy atom. The van der Waals surface area contributed by atoms with Crippen LogP contribution in [0.25, 0.3) is 5.57 Å². The molecule has 6 nitrogen and oxygen atoms in total.